The van der Waals surface area contributed by atoms with E-state index < -0.39 is 5.60 Å². The Kier molecular flexibility index (Phi) is 3.93. The van der Waals surface area contributed by atoms with Gasteiger partial charge in [0.15, 0.2) is 11.5 Å². The summed E-state index contributed by atoms with van der Waals surface area (Å²) in [4.78, 5) is 12.2. The van der Waals surface area contributed by atoms with Crippen molar-refractivity contribution in [2.75, 3.05) is 33.0 Å². The maximum atomic E-state index is 12.2. The normalized spacial score (nSPS) is 23.9. The minimum absolute atomic E-state index is 0.137. The summed E-state index contributed by atoms with van der Waals surface area (Å²) >= 11 is 6.09. The highest BCUT2D eigenvalue weighted by Gasteiger charge is 2.32. The van der Waals surface area contributed by atoms with Crippen LogP contribution in [0.2, 0.25) is 5.02 Å². The zero-order valence-corrected chi connectivity index (χ0v) is 12.1. The Labute approximate surface area is 126 Å². The molecule has 0 spiro atoms. The highest BCUT2D eigenvalue weighted by molar-refractivity contribution is 6.32. The molecule has 6 nitrogen and oxygen atoms in total. The van der Waals surface area contributed by atoms with E-state index in [1.165, 1.54) is 6.07 Å². The van der Waals surface area contributed by atoms with E-state index in [9.17, 15) is 9.90 Å². The van der Waals surface area contributed by atoms with Gasteiger partial charge in [-0.2, -0.15) is 0 Å². The largest absolute Gasteiger partial charge is 0.486 e. The maximum Gasteiger partial charge on any atom is 0.251 e. The number of nitrogens with one attached hydrogen (secondary N) is 1. The van der Waals surface area contributed by atoms with Crippen LogP contribution in [0.15, 0.2) is 12.1 Å². The molecule has 1 amide bonds. The Hall–Kier alpha value is -1.50. The molecule has 7 heteroatoms. The molecule has 3 rings (SSSR count). The summed E-state index contributed by atoms with van der Waals surface area (Å²) in [7, 11) is 0. The number of aliphatic hydroxyl groups is 1. The zero-order chi connectivity index (χ0) is 14.9. The average molecular weight is 314 g/mol. The van der Waals surface area contributed by atoms with Gasteiger partial charge in [-0.3, -0.25) is 4.79 Å². The third kappa shape index (κ3) is 3.07. The minimum atomic E-state index is -0.993. The van der Waals surface area contributed by atoms with Crippen molar-refractivity contribution in [1.29, 1.82) is 0 Å². The van der Waals surface area contributed by atoms with E-state index in [4.69, 9.17) is 25.8 Å². The summed E-state index contributed by atoms with van der Waals surface area (Å²) in [6.07, 6.45) is 0.509. The topological polar surface area (TPSA) is 77.0 Å². The third-order valence-corrected chi connectivity index (χ3v) is 3.80. The Morgan fingerprint density at radius 1 is 1.33 bits per heavy atom. The lowest BCUT2D eigenvalue weighted by Gasteiger charge is -2.22. The molecule has 1 aromatic carbocycles. The molecular weight excluding hydrogens is 298 g/mol. The van der Waals surface area contributed by atoms with Gasteiger partial charge in [0.1, 0.15) is 18.8 Å². The Morgan fingerprint density at radius 2 is 2.14 bits per heavy atom. The van der Waals surface area contributed by atoms with Crippen LogP contribution in [0.5, 0.6) is 11.5 Å². The fourth-order valence-electron chi connectivity index (χ4n) is 2.32. The molecular formula is C14H16ClNO5. The van der Waals surface area contributed by atoms with E-state index in [1.807, 2.05) is 0 Å². The molecule has 1 aromatic rings. The fraction of sp³-hybridized carbons (Fsp3) is 0.500. The van der Waals surface area contributed by atoms with Crippen LogP contribution < -0.4 is 14.8 Å². The first-order chi connectivity index (χ1) is 10.1. The van der Waals surface area contributed by atoms with Crippen molar-refractivity contribution in [2.24, 2.45) is 0 Å². The second-order valence-electron chi connectivity index (χ2n) is 5.19. The lowest BCUT2D eigenvalue weighted by molar-refractivity contribution is 0.0264. The number of hydrogen-bond acceptors (Lipinski definition) is 5. The number of halogens is 1. The van der Waals surface area contributed by atoms with Gasteiger partial charge in [-0.05, 0) is 12.1 Å². The van der Waals surface area contributed by atoms with Crippen molar-refractivity contribution in [1.82, 2.24) is 5.32 Å². The molecule has 0 bridgehead atoms. The smallest absolute Gasteiger partial charge is 0.251 e. The van der Waals surface area contributed by atoms with E-state index in [0.29, 0.717) is 48.3 Å². The van der Waals surface area contributed by atoms with Crippen molar-refractivity contribution >= 4 is 17.5 Å². The lowest BCUT2D eigenvalue weighted by atomic mass is 10.0. The molecule has 1 atom stereocenters. The molecule has 2 aliphatic rings. The molecule has 1 saturated heterocycles. The van der Waals surface area contributed by atoms with Gasteiger partial charge in [0.25, 0.3) is 5.91 Å². The van der Waals surface area contributed by atoms with Gasteiger partial charge >= 0.3 is 0 Å². The summed E-state index contributed by atoms with van der Waals surface area (Å²) in [6, 6.07) is 3.12. The third-order valence-electron chi connectivity index (χ3n) is 3.52. The van der Waals surface area contributed by atoms with E-state index in [1.54, 1.807) is 6.07 Å². The first kappa shape index (κ1) is 14.4. The lowest BCUT2D eigenvalue weighted by Crippen LogP contribution is -2.43. The average Bonchev–Trinajstić information content (AvgIpc) is 2.92. The van der Waals surface area contributed by atoms with Crippen molar-refractivity contribution in [3.63, 3.8) is 0 Å². The van der Waals surface area contributed by atoms with Crippen LogP contribution >= 0.6 is 11.6 Å². The number of amides is 1. The molecule has 114 valence electrons. The van der Waals surface area contributed by atoms with Crippen LogP contribution in [-0.4, -0.2) is 49.6 Å². The molecule has 0 radical (unpaired) electrons. The number of carbonyl (C=O) groups is 1. The van der Waals surface area contributed by atoms with Crippen molar-refractivity contribution in [3.05, 3.63) is 22.7 Å². The summed E-state index contributed by atoms with van der Waals surface area (Å²) in [5.41, 5.74) is -0.625. The maximum absolute atomic E-state index is 12.2. The summed E-state index contributed by atoms with van der Waals surface area (Å²) < 4.78 is 16.0. The second kappa shape index (κ2) is 5.71. The number of benzene rings is 1. The van der Waals surface area contributed by atoms with Crippen LogP contribution in [0, 0.1) is 0 Å². The standard InChI is InChI=1S/C14H16ClNO5/c15-10-5-9(6-11-12(10)21-4-3-20-11)13(17)16-7-14(18)1-2-19-8-14/h5-6,18H,1-4,7-8H2,(H,16,17). The molecule has 2 heterocycles. The minimum Gasteiger partial charge on any atom is -0.486 e. The van der Waals surface area contributed by atoms with E-state index in [-0.39, 0.29) is 19.1 Å². The highest BCUT2D eigenvalue weighted by atomic mass is 35.5. The Balaban J connectivity index is 1.71. The van der Waals surface area contributed by atoms with Crippen molar-refractivity contribution in [2.45, 2.75) is 12.0 Å². The van der Waals surface area contributed by atoms with Gasteiger partial charge in [0.05, 0.1) is 11.6 Å². The molecule has 0 aliphatic carbocycles. The monoisotopic (exact) mass is 313 g/mol. The first-order valence-electron chi connectivity index (χ1n) is 6.75. The fourth-order valence-corrected chi connectivity index (χ4v) is 2.59. The van der Waals surface area contributed by atoms with Gasteiger partial charge in [-0.25, -0.2) is 0 Å². The van der Waals surface area contributed by atoms with Gasteiger partial charge in [-0.15, -0.1) is 0 Å². The van der Waals surface area contributed by atoms with Gasteiger partial charge in [0.2, 0.25) is 0 Å². The number of carbonyl (C=O) groups excluding carboxylic acids is 1. The summed E-state index contributed by atoms with van der Waals surface area (Å²) in [5, 5.41) is 13.1. The van der Waals surface area contributed by atoms with E-state index >= 15 is 0 Å². The predicted molar refractivity (Wildman–Crippen MR) is 75.2 cm³/mol. The van der Waals surface area contributed by atoms with Crippen LogP contribution in [0.4, 0.5) is 0 Å². The molecule has 21 heavy (non-hydrogen) atoms. The molecule has 2 N–H and O–H groups in total. The Morgan fingerprint density at radius 3 is 2.90 bits per heavy atom. The first-order valence-corrected chi connectivity index (χ1v) is 7.13. The highest BCUT2D eigenvalue weighted by Crippen LogP contribution is 2.38. The predicted octanol–water partition coefficient (Wildman–Crippen LogP) is 0.992. The summed E-state index contributed by atoms with van der Waals surface area (Å²) in [6.45, 7) is 1.73. The number of fused-ring (bicyclic) bond motifs is 1. The van der Waals surface area contributed by atoms with Crippen LogP contribution in [-0.2, 0) is 4.74 Å². The molecule has 1 fully saturated rings. The van der Waals surface area contributed by atoms with Crippen LogP contribution in [0.25, 0.3) is 0 Å². The quantitative estimate of drug-likeness (QED) is 0.870. The van der Waals surface area contributed by atoms with Crippen LogP contribution in [0.1, 0.15) is 16.8 Å². The molecule has 1 unspecified atom stereocenters. The van der Waals surface area contributed by atoms with Crippen LogP contribution in [0.3, 0.4) is 0 Å². The zero-order valence-electron chi connectivity index (χ0n) is 11.4. The van der Waals surface area contributed by atoms with Crippen molar-refractivity contribution in [3.8, 4) is 11.5 Å². The number of ether oxygens (including phenoxy) is 3. The second-order valence-corrected chi connectivity index (χ2v) is 5.60. The van der Waals surface area contributed by atoms with E-state index in [0.717, 1.165) is 0 Å². The summed E-state index contributed by atoms with van der Waals surface area (Å²) in [5.74, 6) is 0.596. The van der Waals surface area contributed by atoms with E-state index in [2.05, 4.69) is 5.32 Å². The SMILES string of the molecule is O=C(NCC1(O)CCOC1)c1cc(Cl)c2c(c1)OCCO2. The number of hydrogen-bond donors (Lipinski definition) is 2. The molecule has 2 aliphatic heterocycles. The number of rotatable bonds is 3. The molecule has 0 aromatic heterocycles. The van der Waals surface area contributed by atoms with Gasteiger partial charge in [0, 0.05) is 25.1 Å². The van der Waals surface area contributed by atoms with Gasteiger partial charge in [-0.1, -0.05) is 11.6 Å². The van der Waals surface area contributed by atoms with Gasteiger partial charge < -0.3 is 24.6 Å². The Bertz CT molecular complexity index is 557. The molecule has 0 saturated carbocycles. The van der Waals surface area contributed by atoms with Crippen molar-refractivity contribution < 1.29 is 24.1 Å².